The van der Waals surface area contributed by atoms with E-state index in [1.807, 2.05) is 30.0 Å². The largest absolute Gasteiger partial charge is 0.486 e. The average molecular weight is 442 g/mol. The van der Waals surface area contributed by atoms with E-state index < -0.39 is 0 Å². The zero-order chi connectivity index (χ0) is 21.5. The molecule has 5 rings (SSSR count). The highest BCUT2D eigenvalue weighted by molar-refractivity contribution is 7.20. The van der Waals surface area contributed by atoms with Gasteiger partial charge in [0.25, 0.3) is 5.56 Å². The van der Waals surface area contributed by atoms with E-state index in [1.54, 1.807) is 6.92 Å². The van der Waals surface area contributed by atoms with Crippen molar-refractivity contribution in [1.82, 2.24) is 19.9 Å². The summed E-state index contributed by atoms with van der Waals surface area (Å²) in [6, 6.07) is 6.67. The Balaban J connectivity index is 1.34. The van der Waals surface area contributed by atoms with Crippen molar-refractivity contribution < 1.29 is 14.3 Å². The predicted octanol–water partition coefficient (Wildman–Crippen LogP) is 2.08. The fraction of sp³-hybridized carbons (Fsp3) is 0.429. The van der Waals surface area contributed by atoms with Gasteiger partial charge in [0.05, 0.1) is 6.04 Å². The molecule has 2 aliphatic heterocycles. The van der Waals surface area contributed by atoms with E-state index in [0.29, 0.717) is 41.3 Å². The van der Waals surface area contributed by atoms with Crippen LogP contribution in [0.15, 0.2) is 29.1 Å². The van der Waals surface area contributed by atoms with Crippen LogP contribution in [0.5, 0.6) is 11.5 Å². The number of hydrogen-bond acceptors (Lipinski definition) is 8. The number of carbonyl (C=O) groups excluding carboxylic acids is 1. The lowest BCUT2D eigenvalue weighted by Crippen LogP contribution is -2.44. The maximum Gasteiger partial charge on any atom is 0.275 e. The van der Waals surface area contributed by atoms with Crippen molar-refractivity contribution in [2.24, 2.45) is 0 Å². The van der Waals surface area contributed by atoms with Crippen molar-refractivity contribution in [2.45, 2.75) is 38.8 Å². The third-order valence-corrected chi connectivity index (χ3v) is 6.53. The summed E-state index contributed by atoms with van der Waals surface area (Å²) in [4.78, 5) is 32.2. The first-order valence-electron chi connectivity index (χ1n) is 10.3. The minimum atomic E-state index is -0.336. The Labute approximate surface area is 182 Å². The van der Waals surface area contributed by atoms with Crippen LogP contribution in [0.3, 0.4) is 0 Å². The Kier molecular flexibility index (Phi) is 5.01. The minimum Gasteiger partial charge on any atom is -0.486 e. The summed E-state index contributed by atoms with van der Waals surface area (Å²) < 4.78 is 12.5. The van der Waals surface area contributed by atoms with Gasteiger partial charge in [-0.25, -0.2) is 4.98 Å². The molecule has 4 heterocycles. The molecule has 0 bridgehead atoms. The van der Waals surface area contributed by atoms with E-state index in [0.717, 1.165) is 24.2 Å². The van der Waals surface area contributed by atoms with Gasteiger partial charge >= 0.3 is 0 Å². The zero-order valence-corrected chi connectivity index (χ0v) is 18.1. The van der Waals surface area contributed by atoms with Gasteiger partial charge in [-0.1, -0.05) is 17.4 Å². The first kappa shape index (κ1) is 19.8. The molecule has 1 N–H and O–H groups in total. The van der Waals surface area contributed by atoms with Gasteiger partial charge in [-0.05, 0) is 44.4 Å². The van der Waals surface area contributed by atoms with E-state index in [2.05, 4.69) is 15.4 Å². The monoisotopic (exact) mass is 441 g/mol. The van der Waals surface area contributed by atoms with Gasteiger partial charge in [0.2, 0.25) is 16.0 Å². The second kappa shape index (κ2) is 7.84. The van der Waals surface area contributed by atoms with Crippen LogP contribution in [0.25, 0.3) is 4.96 Å². The summed E-state index contributed by atoms with van der Waals surface area (Å²) in [5.41, 5.74) is 1.40. The number of nitrogens with one attached hydrogen (secondary N) is 1. The molecule has 0 unspecified atom stereocenters. The first-order chi connectivity index (χ1) is 15.0. The van der Waals surface area contributed by atoms with Gasteiger partial charge in [0.15, 0.2) is 11.5 Å². The fourth-order valence-electron chi connectivity index (χ4n) is 4.02. The molecule has 1 fully saturated rings. The van der Waals surface area contributed by atoms with Gasteiger partial charge in [-0.3, -0.25) is 9.59 Å². The Hall–Kier alpha value is -3.14. The number of rotatable bonds is 4. The van der Waals surface area contributed by atoms with Crippen LogP contribution in [0.1, 0.15) is 37.1 Å². The predicted molar refractivity (Wildman–Crippen MR) is 116 cm³/mol. The topological polar surface area (TPSA) is 98.1 Å². The van der Waals surface area contributed by atoms with Crippen molar-refractivity contribution in [2.75, 3.05) is 24.7 Å². The molecule has 10 heteroatoms. The summed E-state index contributed by atoms with van der Waals surface area (Å²) in [5.74, 6) is 1.37. The molecule has 2 atom stereocenters. The van der Waals surface area contributed by atoms with Crippen LogP contribution in [-0.2, 0) is 4.79 Å². The van der Waals surface area contributed by atoms with Gasteiger partial charge in [-0.15, -0.1) is 5.10 Å². The molecule has 0 saturated carbocycles. The molecular weight excluding hydrogens is 418 g/mol. The number of nitrogens with zero attached hydrogens (tertiary/aromatic N) is 4. The molecule has 0 aliphatic carbocycles. The van der Waals surface area contributed by atoms with Crippen LogP contribution >= 0.6 is 11.3 Å². The Morgan fingerprint density at radius 1 is 1.26 bits per heavy atom. The highest BCUT2D eigenvalue weighted by Crippen LogP contribution is 2.33. The maximum absolute atomic E-state index is 13.1. The van der Waals surface area contributed by atoms with Crippen molar-refractivity contribution >= 4 is 27.3 Å². The SMILES string of the molecule is Cc1cc(=O)n2nc(N3CCC[C@@H]3C(=O)N[C@@H](C)c3ccc4c(c3)OCCO4)sc2n1. The van der Waals surface area contributed by atoms with Crippen molar-refractivity contribution in [1.29, 1.82) is 0 Å². The molecule has 1 saturated heterocycles. The van der Waals surface area contributed by atoms with Crippen LogP contribution in [-0.4, -0.2) is 46.3 Å². The highest BCUT2D eigenvalue weighted by Gasteiger charge is 2.34. The Morgan fingerprint density at radius 2 is 2.06 bits per heavy atom. The molecule has 1 aromatic carbocycles. The molecular formula is C21H23N5O4S. The van der Waals surface area contributed by atoms with Crippen molar-refractivity contribution in [3.63, 3.8) is 0 Å². The Bertz CT molecular complexity index is 1210. The minimum absolute atomic E-state index is 0.0596. The molecule has 162 valence electrons. The fourth-order valence-corrected chi connectivity index (χ4v) is 5.05. The first-order valence-corrected chi connectivity index (χ1v) is 11.2. The smallest absolute Gasteiger partial charge is 0.275 e. The van der Waals surface area contributed by atoms with Crippen LogP contribution in [0.4, 0.5) is 5.13 Å². The second-order valence-corrected chi connectivity index (χ2v) is 8.73. The lowest BCUT2D eigenvalue weighted by Gasteiger charge is -2.25. The molecule has 0 spiro atoms. The molecule has 3 aromatic rings. The van der Waals surface area contributed by atoms with E-state index in [4.69, 9.17) is 9.47 Å². The zero-order valence-electron chi connectivity index (χ0n) is 17.3. The summed E-state index contributed by atoms with van der Waals surface area (Å²) in [6.07, 6.45) is 1.62. The second-order valence-electron chi connectivity index (χ2n) is 7.80. The van der Waals surface area contributed by atoms with Gasteiger partial charge < -0.3 is 19.7 Å². The molecule has 1 amide bonds. The van der Waals surface area contributed by atoms with Crippen LogP contribution in [0, 0.1) is 6.92 Å². The number of aryl methyl sites for hydroxylation is 1. The highest BCUT2D eigenvalue weighted by atomic mass is 32.1. The maximum atomic E-state index is 13.1. The lowest BCUT2D eigenvalue weighted by molar-refractivity contribution is -0.122. The van der Waals surface area contributed by atoms with Crippen molar-refractivity contribution in [3.8, 4) is 11.5 Å². The summed E-state index contributed by atoms with van der Waals surface area (Å²) >= 11 is 1.33. The Morgan fingerprint density at radius 3 is 2.90 bits per heavy atom. The number of anilines is 1. The molecule has 2 aromatic heterocycles. The third kappa shape index (κ3) is 3.71. The van der Waals surface area contributed by atoms with Crippen molar-refractivity contribution in [3.05, 3.63) is 45.9 Å². The number of benzene rings is 1. The summed E-state index contributed by atoms with van der Waals surface area (Å²) in [7, 11) is 0. The average Bonchev–Trinajstić information content (AvgIpc) is 3.40. The van der Waals surface area contributed by atoms with Crippen LogP contribution in [0.2, 0.25) is 0 Å². The van der Waals surface area contributed by atoms with Gasteiger partial charge in [0, 0.05) is 18.3 Å². The molecule has 9 nitrogen and oxygen atoms in total. The summed E-state index contributed by atoms with van der Waals surface area (Å²) in [6.45, 7) is 5.51. The summed E-state index contributed by atoms with van der Waals surface area (Å²) in [5, 5.41) is 8.18. The quantitative estimate of drug-likeness (QED) is 0.662. The number of amides is 1. The van der Waals surface area contributed by atoms with Gasteiger partial charge in [0.1, 0.15) is 19.3 Å². The van der Waals surface area contributed by atoms with E-state index in [-0.39, 0.29) is 23.6 Å². The van der Waals surface area contributed by atoms with Crippen LogP contribution < -0.4 is 25.2 Å². The normalized spacial score (nSPS) is 18.9. The number of carbonyl (C=O) groups is 1. The molecule has 2 aliphatic rings. The number of fused-ring (bicyclic) bond motifs is 2. The standard InChI is InChI=1S/C21H23N5O4S/c1-12-10-18(27)26-20(22-12)31-21(24-26)25-7-3-4-15(25)19(28)23-13(2)14-5-6-16-17(11-14)30-9-8-29-16/h5-6,10-11,13,15H,3-4,7-9H2,1-2H3,(H,23,28)/t13-,15+/m0/s1. The number of aromatic nitrogens is 3. The lowest BCUT2D eigenvalue weighted by atomic mass is 10.1. The van der Waals surface area contributed by atoms with Gasteiger partial charge in [-0.2, -0.15) is 4.52 Å². The molecule has 31 heavy (non-hydrogen) atoms. The van der Waals surface area contributed by atoms with E-state index in [1.165, 1.54) is 21.9 Å². The van der Waals surface area contributed by atoms with E-state index in [9.17, 15) is 9.59 Å². The van der Waals surface area contributed by atoms with E-state index >= 15 is 0 Å². The molecule has 0 radical (unpaired) electrons. The number of ether oxygens (including phenoxy) is 2. The third-order valence-electron chi connectivity index (χ3n) is 5.59. The number of hydrogen-bond donors (Lipinski definition) is 1.